The minimum Gasteiger partial charge on any atom is -0.480 e. The van der Waals surface area contributed by atoms with Crippen molar-refractivity contribution in [1.29, 1.82) is 0 Å². The number of hydrogen-bond acceptors (Lipinski definition) is 5. The third-order valence-electron chi connectivity index (χ3n) is 1.97. The summed E-state index contributed by atoms with van der Waals surface area (Å²) >= 11 is 1.48. The van der Waals surface area contributed by atoms with Crippen molar-refractivity contribution < 1.29 is 23.1 Å². The van der Waals surface area contributed by atoms with Crippen molar-refractivity contribution in [3.05, 3.63) is 0 Å². The van der Waals surface area contributed by atoms with Gasteiger partial charge in [0.15, 0.2) is 0 Å². The Labute approximate surface area is 111 Å². The number of aliphatic carboxylic acids is 1. The Bertz CT molecular complexity index is 382. The van der Waals surface area contributed by atoms with Gasteiger partial charge in [-0.25, -0.2) is 18.0 Å². The molecule has 0 aliphatic rings. The maximum Gasteiger partial charge on any atom is 0.326 e. The van der Waals surface area contributed by atoms with Crippen LogP contribution in [0.2, 0.25) is 0 Å². The SMILES string of the molecule is CSCCC(NC(=O)NCCS(C)(=O)=O)C(=O)O. The van der Waals surface area contributed by atoms with Crippen LogP contribution < -0.4 is 10.6 Å². The van der Waals surface area contributed by atoms with E-state index in [2.05, 4.69) is 10.6 Å². The van der Waals surface area contributed by atoms with Crippen LogP contribution in [0, 0.1) is 0 Å². The van der Waals surface area contributed by atoms with Gasteiger partial charge in [-0.1, -0.05) is 0 Å². The van der Waals surface area contributed by atoms with E-state index >= 15 is 0 Å². The van der Waals surface area contributed by atoms with Crippen LogP contribution in [0.15, 0.2) is 0 Å². The summed E-state index contributed by atoms with van der Waals surface area (Å²) in [7, 11) is -3.14. The molecule has 1 unspecified atom stereocenters. The second kappa shape index (κ2) is 8.20. The highest BCUT2D eigenvalue weighted by molar-refractivity contribution is 7.98. The molecule has 0 radical (unpaired) electrons. The number of urea groups is 1. The first kappa shape index (κ1) is 17.0. The predicted octanol–water partition coefficient (Wildman–Crippen LogP) is -0.463. The fraction of sp³-hybridized carbons (Fsp3) is 0.778. The summed E-state index contributed by atoms with van der Waals surface area (Å²) in [5, 5.41) is 13.4. The van der Waals surface area contributed by atoms with E-state index in [4.69, 9.17) is 5.11 Å². The molecule has 0 rings (SSSR count). The number of rotatable bonds is 8. The second-order valence-corrected chi connectivity index (χ2v) is 6.95. The zero-order valence-corrected chi connectivity index (χ0v) is 11.9. The van der Waals surface area contributed by atoms with Gasteiger partial charge in [-0.2, -0.15) is 11.8 Å². The molecule has 0 fully saturated rings. The molecule has 0 aliphatic heterocycles. The van der Waals surface area contributed by atoms with Crippen molar-refractivity contribution in [2.24, 2.45) is 0 Å². The number of carbonyl (C=O) groups is 2. The van der Waals surface area contributed by atoms with E-state index in [9.17, 15) is 18.0 Å². The summed E-state index contributed by atoms with van der Waals surface area (Å²) in [4.78, 5) is 22.1. The minimum atomic E-state index is -3.14. The van der Waals surface area contributed by atoms with Crippen LogP contribution in [0.25, 0.3) is 0 Å². The zero-order valence-electron chi connectivity index (χ0n) is 10.3. The molecule has 0 saturated carbocycles. The topological polar surface area (TPSA) is 113 Å². The van der Waals surface area contributed by atoms with E-state index < -0.39 is 27.9 Å². The molecule has 106 valence electrons. The van der Waals surface area contributed by atoms with Crippen molar-refractivity contribution in [3.63, 3.8) is 0 Å². The smallest absolute Gasteiger partial charge is 0.326 e. The maximum atomic E-state index is 11.3. The molecule has 0 bridgehead atoms. The van der Waals surface area contributed by atoms with Gasteiger partial charge in [-0.05, 0) is 18.4 Å². The monoisotopic (exact) mass is 298 g/mol. The standard InChI is InChI=1S/C9H18N2O5S2/c1-17-5-3-7(8(12)13)11-9(14)10-4-6-18(2,15)16/h7H,3-6H2,1-2H3,(H,12,13)(H2,10,11,14). The molecule has 18 heavy (non-hydrogen) atoms. The Morgan fingerprint density at radius 3 is 2.44 bits per heavy atom. The lowest BCUT2D eigenvalue weighted by atomic mass is 10.2. The lowest BCUT2D eigenvalue weighted by Gasteiger charge is -2.14. The van der Waals surface area contributed by atoms with Gasteiger partial charge in [0, 0.05) is 12.8 Å². The van der Waals surface area contributed by atoms with Crippen LogP contribution in [0.3, 0.4) is 0 Å². The summed E-state index contributed by atoms with van der Waals surface area (Å²) in [5.41, 5.74) is 0. The minimum absolute atomic E-state index is 0.0421. The molecular formula is C9H18N2O5S2. The van der Waals surface area contributed by atoms with Crippen molar-refractivity contribution in [2.45, 2.75) is 12.5 Å². The summed E-state index contributed by atoms with van der Waals surface area (Å²) in [6, 6.07) is -1.64. The zero-order chi connectivity index (χ0) is 14.2. The van der Waals surface area contributed by atoms with Gasteiger partial charge in [0.2, 0.25) is 0 Å². The van der Waals surface area contributed by atoms with Gasteiger partial charge >= 0.3 is 12.0 Å². The second-order valence-electron chi connectivity index (χ2n) is 3.70. The first-order chi connectivity index (χ1) is 8.26. The molecular weight excluding hydrogens is 280 g/mol. The van der Waals surface area contributed by atoms with Crippen molar-refractivity contribution in [1.82, 2.24) is 10.6 Å². The molecule has 7 nitrogen and oxygen atoms in total. The summed E-state index contributed by atoms with van der Waals surface area (Å²) in [5.74, 6) is -0.675. The number of hydrogen-bond donors (Lipinski definition) is 3. The van der Waals surface area contributed by atoms with E-state index in [-0.39, 0.29) is 12.3 Å². The number of carbonyl (C=O) groups excluding carboxylic acids is 1. The van der Waals surface area contributed by atoms with E-state index in [0.717, 1.165) is 6.26 Å². The van der Waals surface area contributed by atoms with E-state index in [0.29, 0.717) is 12.2 Å². The van der Waals surface area contributed by atoms with Crippen LogP contribution in [-0.4, -0.2) is 62.1 Å². The highest BCUT2D eigenvalue weighted by Crippen LogP contribution is 2.00. The van der Waals surface area contributed by atoms with Crippen molar-refractivity contribution >= 4 is 33.6 Å². The lowest BCUT2D eigenvalue weighted by molar-refractivity contribution is -0.139. The number of carboxylic acids is 1. The highest BCUT2D eigenvalue weighted by atomic mass is 32.2. The number of nitrogens with one attached hydrogen (secondary N) is 2. The fourth-order valence-electron chi connectivity index (χ4n) is 1.05. The number of thioether (sulfide) groups is 1. The Morgan fingerprint density at radius 1 is 1.39 bits per heavy atom. The summed E-state index contributed by atoms with van der Waals surface area (Å²) < 4.78 is 21.6. The van der Waals surface area contributed by atoms with E-state index in [1.54, 1.807) is 0 Å². The van der Waals surface area contributed by atoms with Crippen molar-refractivity contribution in [2.75, 3.05) is 30.6 Å². The van der Waals surface area contributed by atoms with Gasteiger partial charge < -0.3 is 15.7 Å². The van der Waals surface area contributed by atoms with Crippen LogP contribution >= 0.6 is 11.8 Å². The van der Waals surface area contributed by atoms with Crippen LogP contribution in [0.4, 0.5) is 4.79 Å². The Balaban J connectivity index is 4.06. The van der Waals surface area contributed by atoms with Gasteiger partial charge in [0.05, 0.1) is 5.75 Å². The van der Waals surface area contributed by atoms with Crippen LogP contribution in [-0.2, 0) is 14.6 Å². The third-order valence-corrected chi connectivity index (χ3v) is 3.56. The Morgan fingerprint density at radius 2 is 2.00 bits per heavy atom. The molecule has 3 N–H and O–H groups in total. The molecule has 2 amide bonds. The molecule has 0 aliphatic carbocycles. The summed E-state index contributed by atoms with van der Waals surface area (Å²) in [6.07, 6.45) is 3.21. The molecule has 0 aromatic rings. The molecule has 0 aromatic heterocycles. The largest absolute Gasteiger partial charge is 0.480 e. The fourth-order valence-corrected chi connectivity index (χ4v) is 2.00. The number of carboxylic acid groups (broad SMARTS) is 1. The quantitative estimate of drug-likeness (QED) is 0.559. The van der Waals surface area contributed by atoms with Crippen LogP contribution in [0.1, 0.15) is 6.42 Å². The Kier molecular flexibility index (Phi) is 7.76. The Hall–Kier alpha value is -0.960. The van der Waals surface area contributed by atoms with Crippen molar-refractivity contribution in [3.8, 4) is 0 Å². The van der Waals surface area contributed by atoms with Crippen LogP contribution in [0.5, 0.6) is 0 Å². The first-order valence-corrected chi connectivity index (χ1v) is 8.65. The van der Waals surface area contributed by atoms with Gasteiger partial charge in [0.25, 0.3) is 0 Å². The van der Waals surface area contributed by atoms with Gasteiger partial charge in [-0.15, -0.1) is 0 Å². The first-order valence-electron chi connectivity index (χ1n) is 5.20. The maximum absolute atomic E-state index is 11.3. The molecule has 9 heteroatoms. The van der Waals surface area contributed by atoms with Gasteiger partial charge in [-0.3, -0.25) is 0 Å². The number of amides is 2. The lowest BCUT2D eigenvalue weighted by Crippen LogP contribution is -2.47. The highest BCUT2D eigenvalue weighted by Gasteiger charge is 2.19. The molecule has 1 atom stereocenters. The molecule has 0 spiro atoms. The molecule has 0 heterocycles. The predicted molar refractivity (Wildman–Crippen MR) is 70.7 cm³/mol. The normalized spacial score (nSPS) is 12.8. The summed E-state index contributed by atoms with van der Waals surface area (Å²) in [6.45, 7) is -0.0421. The molecule has 0 aromatic carbocycles. The van der Waals surface area contributed by atoms with E-state index in [1.165, 1.54) is 11.8 Å². The number of sulfone groups is 1. The van der Waals surface area contributed by atoms with Gasteiger partial charge in [0.1, 0.15) is 15.9 Å². The van der Waals surface area contributed by atoms with E-state index in [1.807, 2.05) is 6.26 Å². The molecule has 0 saturated heterocycles. The average Bonchev–Trinajstić information content (AvgIpc) is 2.21. The average molecular weight is 298 g/mol. The third kappa shape index (κ3) is 9.11.